The molecule has 0 saturated carbocycles. The van der Waals surface area contributed by atoms with Gasteiger partial charge in [0, 0.05) is 17.3 Å². The molecule has 1 aromatic carbocycles. The molecule has 0 saturated heterocycles. The number of methoxy groups -OCH3 is 1. The second-order valence-electron chi connectivity index (χ2n) is 3.50. The van der Waals surface area contributed by atoms with Crippen LogP contribution >= 0.6 is 15.9 Å². The molecule has 18 heavy (non-hydrogen) atoms. The Hall–Kier alpha value is -1.60. The molecular formula is C11H13BrN2O4. The number of carboxylic acid groups (broad SMARTS) is 1. The number of carbonyl (C=O) groups is 2. The predicted molar refractivity (Wildman–Crippen MR) is 69.3 cm³/mol. The fourth-order valence-corrected chi connectivity index (χ4v) is 1.67. The summed E-state index contributed by atoms with van der Waals surface area (Å²) in [5, 5.41) is 11.2. The molecule has 1 aromatic rings. The first-order valence-corrected chi connectivity index (χ1v) is 5.83. The molecule has 6 nitrogen and oxygen atoms in total. The van der Waals surface area contributed by atoms with Gasteiger partial charge in [0.1, 0.15) is 0 Å². The van der Waals surface area contributed by atoms with Crippen molar-refractivity contribution < 1.29 is 19.4 Å². The third-order valence-electron chi connectivity index (χ3n) is 2.27. The molecule has 4 N–H and O–H groups in total. The minimum absolute atomic E-state index is 0.125. The van der Waals surface area contributed by atoms with Crippen molar-refractivity contribution in [3.63, 3.8) is 0 Å². The molecular weight excluding hydrogens is 304 g/mol. The van der Waals surface area contributed by atoms with E-state index in [0.29, 0.717) is 11.3 Å². The lowest BCUT2D eigenvalue weighted by Gasteiger charge is -2.12. The zero-order valence-electron chi connectivity index (χ0n) is 9.64. The van der Waals surface area contributed by atoms with E-state index >= 15 is 0 Å². The van der Waals surface area contributed by atoms with Gasteiger partial charge in [-0.25, -0.2) is 4.79 Å². The molecule has 0 aromatic heterocycles. The van der Waals surface area contributed by atoms with Gasteiger partial charge in [-0.2, -0.15) is 0 Å². The van der Waals surface area contributed by atoms with Crippen molar-refractivity contribution in [3.8, 4) is 0 Å². The number of hydrogen-bond acceptors (Lipinski definition) is 4. The van der Waals surface area contributed by atoms with Gasteiger partial charge in [-0.15, -0.1) is 0 Å². The molecule has 7 heteroatoms. The Morgan fingerprint density at radius 1 is 1.56 bits per heavy atom. The number of anilines is 1. The Kier molecular flexibility index (Phi) is 5.11. The van der Waals surface area contributed by atoms with E-state index < -0.39 is 18.0 Å². The molecule has 0 aliphatic heterocycles. The van der Waals surface area contributed by atoms with Crippen LogP contribution in [0.15, 0.2) is 22.7 Å². The molecule has 0 radical (unpaired) electrons. The number of hydrogen-bond donors (Lipinski definition) is 3. The smallest absolute Gasteiger partial charge is 0.334 e. The van der Waals surface area contributed by atoms with Crippen molar-refractivity contribution in [1.82, 2.24) is 5.32 Å². The van der Waals surface area contributed by atoms with Crippen molar-refractivity contribution in [2.75, 3.05) is 19.4 Å². The van der Waals surface area contributed by atoms with E-state index in [9.17, 15) is 9.59 Å². The summed E-state index contributed by atoms with van der Waals surface area (Å²) in [6, 6.07) is 4.83. The lowest BCUT2D eigenvalue weighted by Crippen LogP contribution is -2.38. The minimum Gasteiger partial charge on any atom is -0.479 e. The number of nitrogens with two attached hydrogens (primary N) is 1. The van der Waals surface area contributed by atoms with Crippen molar-refractivity contribution in [3.05, 3.63) is 28.2 Å². The van der Waals surface area contributed by atoms with Gasteiger partial charge in [0.15, 0.2) is 6.10 Å². The van der Waals surface area contributed by atoms with Gasteiger partial charge in [-0.3, -0.25) is 4.79 Å². The second-order valence-corrected chi connectivity index (χ2v) is 4.42. The lowest BCUT2D eigenvalue weighted by atomic mass is 10.1. The Balaban J connectivity index is 2.68. The number of nitrogens with one attached hydrogen (secondary N) is 1. The van der Waals surface area contributed by atoms with Gasteiger partial charge in [0.05, 0.1) is 12.1 Å². The molecule has 0 aliphatic rings. The van der Waals surface area contributed by atoms with Gasteiger partial charge in [-0.05, 0) is 18.2 Å². The van der Waals surface area contributed by atoms with Crippen LogP contribution in [-0.2, 0) is 9.53 Å². The van der Waals surface area contributed by atoms with Gasteiger partial charge in [0.25, 0.3) is 5.91 Å². The van der Waals surface area contributed by atoms with Gasteiger partial charge < -0.3 is 20.9 Å². The fourth-order valence-electron chi connectivity index (χ4n) is 1.29. The monoisotopic (exact) mass is 316 g/mol. The van der Waals surface area contributed by atoms with Crippen LogP contribution in [0.5, 0.6) is 0 Å². The third-order valence-corrected chi connectivity index (χ3v) is 2.76. The van der Waals surface area contributed by atoms with Crippen LogP contribution in [0.25, 0.3) is 0 Å². The highest BCUT2D eigenvalue weighted by Crippen LogP contribution is 2.18. The summed E-state index contributed by atoms with van der Waals surface area (Å²) in [5.41, 5.74) is 6.28. The van der Waals surface area contributed by atoms with E-state index in [2.05, 4.69) is 21.2 Å². The highest BCUT2D eigenvalue weighted by molar-refractivity contribution is 9.10. The fraction of sp³-hybridized carbons (Fsp3) is 0.273. The molecule has 98 valence electrons. The predicted octanol–water partition coefficient (Wildman–Crippen LogP) is 0.861. The van der Waals surface area contributed by atoms with Gasteiger partial charge in [0.2, 0.25) is 0 Å². The first-order chi connectivity index (χ1) is 8.45. The Bertz CT molecular complexity index is 464. The number of benzene rings is 1. The molecule has 0 spiro atoms. The highest BCUT2D eigenvalue weighted by Gasteiger charge is 2.18. The van der Waals surface area contributed by atoms with E-state index in [1.165, 1.54) is 7.11 Å². The Labute approximate surface area is 112 Å². The summed E-state index contributed by atoms with van der Waals surface area (Å²) in [5.74, 6) is -1.58. The van der Waals surface area contributed by atoms with Crippen LogP contribution in [0.2, 0.25) is 0 Å². The normalized spacial score (nSPS) is 11.9. The van der Waals surface area contributed by atoms with Crippen molar-refractivity contribution in [2.45, 2.75) is 6.10 Å². The maximum atomic E-state index is 11.8. The average molecular weight is 317 g/mol. The van der Waals surface area contributed by atoms with Crippen molar-refractivity contribution >= 4 is 33.5 Å². The minimum atomic E-state index is -1.14. The number of rotatable bonds is 5. The van der Waals surface area contributed by atoms with E-state index in [1.54, 1.807) is 18.2 Å². The zero-order valence-corrected chi connectivity index (χ0v) is 11.2. The summed E-state index contributed by atoms with van der Waals surface area (Å²) in [6.07, 6.45) is -1.08. The van der Waals surface area contributed by atoms with E-state index in [4.69, 9.17) is 15.6 Å². The summed E-state index contributed by atoms with van der Waals surface area (Å²) in [6.45, 7) is -0.125. The van der Waals surface area contributed by atoms with Crippen LogP contribution in [-0.4, -0.2) is 36.7 Å². The number of ether oxygens (including phenoxy) is 1. The van der Waals surface area contributed by atoms with Crippen LogP contribution < -0.4 is 11.1 Å². The van der Waals surface area contributed by atoms with Crippen LogP contribution in [0, 0.1) is 0 Å². The number of carbonyl (C=O) groups excluding carboxylic acids is 1. The molecule has 0 aliphatic carbocycles. The van der Waals surface area contributed by atoms with Gasteiger partial charge in [-0.1, -0.05) is 15.9 Å². The number of halogens is 1. The lowest BCUT2D eigenvalue weighted by molar-refractivity contribution is -0.147. The standard InChI is InChI=1S/C11H13BrN2O4/c1-18-9(11(16)17)5-14-10(15)7-3-2-6(12)4-8(7)13/h2-4,9H,5,13H2,1H3,(H,14,15)(H,16,17). The first-order valence-electron chi connectivity index (χ1n) is 5.04. The van der Waals surface area contributed by atoms with E-state index in [-0.39, 0.29) is 6.54 Å². The number of nitrogen functional groups attached to an aromatic ring is 1. The largest absolute Gasteiger partial charge is 0.479 e. The summed E-state index contributed by atoms with van der Waals surface area (Å²) < 4.78 is 5.46. The summed E-state index contributed by atoms with van der Waals surface area (Å²) >= 11 is 3.23. The molecule has 1 rings (SSSR count). The quantitative estimate of drug-likeness (QED) is 0.699. The summed E-state index contributed by atoms with van der Waals surface area (Å²) in [4.78, 5) is 22.4. The van der Waals surface area contributed by atoms with Crippen LogP contribution in [0.3, 0.4) is 0 Å². The van der Waals surface area contributed by atoms with E-state index in [1.807, 2.05) is 0 Å². The molecule has 1 amide bonds. The first kappa shape index (κ1) is 14.5. The number of amides is 1. The topological polar surface area (TPSA) is 102 Å². The molecule has 0 heterocycles. The summed E-state index contributed by atoms with van der Waals surface area (Å²) in [7, 11) is 1.26. The third kappa shape index (κ3) is 3.71. The molecule has 1 unspecified atom stereocenters. The Morgan fingerprint density at radius 2 is 2.22 bits per heavy atom. The van der Waals surface area contributed by atoms with E-state index in [0.717, 1.165) is 4.47 Å². The second kappa shape index (κ2) is 6.36. The maximum Gasteiger partial charge on any atom is 0.334 e. The SMILES string of the molecule is COC(CNC(=O)c1ccc(Br)cc1N)C(=O)O. The molecule has 1 atom stereocenters. The highest BCUT2D eigenvalue weighted by atomic mass is 79.9. The average Bonchev–Trinajstić information content (AvgIpc) is 2.28. The molecule has 0 fully saturated rings. The zero-order chi connectivity index (χ0) is 13.7. The number of carboxylic acids is 1. The number of aliphatic carboxylic acids is 1. The maximum absolute atomic E-state index is 11.8. The van der Waals surface area contributed by atoms with Crippen LogP contribution in [0.1, 0.15) is 10.4 Å². The van der Waals surface area contributed by atoms with Crippen molar-refractivity contribution in [2.24, 2.45) is 0 Å². The Morgan fingerprint density at radius 3 is 2.72 bits per heavy atom. The van der Waals surface area contributed by atoms with Crippen molar-refractivity contribution in [1.29, 1.82) is 0 Å². The van der Waals surface area contributed by atoms with Crippen LogP contribution in [0.4, 0.5) is 5.69 Å². The molecule has 0 bridgehead atoms. The van der Waals surface area contributed by atoms with Gasteiger partial charge >= 0.3 is 5.97 Å².